The van der Waals surface area contributed by atoms with E-state index in [4.69, 9.17) is 14.2 Å². The number of rotatable bonds is 12. The van der Waals surface area contributed by atoms with Crippen molar-refractivity contribution in [3.05, 3.63) is 50.4 Å². The Morgan fingerprint density at radius 3 is 2.27 bits per heavy atom. The zero-order chi connectivity index (χ0) is 26.9. The van der Waals surface area contributed by atoms with E-state index in [1.54, 1.807) is 24.3 Å². The monoisotopic (exact) mass is 636 g/mol. The van der Waals surface area contributed by atoms with Gasteiger partial charge in [0.05, 0.1) is 35.0 Å². The first-order valence-corrected chi connectivity index (χ1v) is 13.7. The van der Waals surface area contributed by atoms with Crippen LogP contribution < -0.4 is 24.4 Å². The molecule has 37 heavy (non-hydrogen) atoms. The number of imide groups is 2. The number of carbonyl (C=O) groups is 3. The summed E-state index contributed by atoms with van der Waals surface area (Å²) in [6.07, 6.45) is 6.62. The molecular formula is C27H30Br2N2O6. The van der Waals surface area contributed by atoms with Gasteiger partial charge in [-0.25, -0.2) is 9.69 Å². The number of hydrogen-bond donors (Lipinski definition) is 1. The summed E-state index contributed by atoms with van der Waals surface area (Å²) in [6, 6.07) is 7.38. The average molecular weight is 638 g/mol. The third kappa shape index (κ3) is 7.13. The molecule has 0 unspecified atom stereocenters. The van der Waals surface area contributed by atoms with Crippen LogP contribution in [0.15, 0.2) is 44.9 Å². The number of urea groups is 1. The van der Waals surface area contributed by atoms with Crippen LogP contribution >= 0.6 is 31.9 Å². The second-order valence-corrected chi connectivity index (χ2v) is 10.1. The molecule has 2 aromatic carbocycles. The molecule has 4 amide bonds. The van der Waals surface area contributed by atoms with E-state index in [-0.39, 0.29) is 11.3 Å². The second-order valence-electron chi connectivity index (χ2n) is 8.36. The van der Waals surface area contributed by atoms with E-state index in [1.807, 2.05) is 6.92 Å². The first-order valence-electron chi connectivity index (χ1n) is 12.1. The number of benzene rings is 2. The quantitative estimate of drug-likeness (QED) is 0.159. The van der Waals surface area contributed by atoms with Gasteiger partial charge in [-0.3, -0.25) is 14.9 Å². The Kier molecular flexibility index (Phi) is 10.6. The predicted molar refractivity (Wildman–Crippen MR) is 149 cm³/mol. The average Bonchev–Trinajstić information content (AvgIpc) is 2.86. The van der Waals surface area contributed by atoms with Crippen molar-refractivity contribution in [2.24, 2.45) is 0 Å². The van der Waals surface area contributed by atoms with E-state index in [0.29, 0.717) is 45.0 Å². The highest BCUT2D eigenvalue weighted by Gasteiger charge is 2.37. The van der Waals surface area contributed by atoms with Crippen LogP contribution in [-0.4, -0.2) is 38.2 Å². The van der Waals surface area contributed by atoms with Crippen molar-refractivity contribution in [1.82, 2.24) is 5.32 Å². The summed E-state index contributed by atoms with van der Waals surface area (Å²) in [5.74, 6) is -0.0159. The molecule has 0 bridgehead atoms. The number of unbranched alkanes of at least 4 members (excludes halogenated alkanes) is 3. The van der Waals surface area contributed by atoms with Crippen molar-refractivity contribution in [1.29, 1.82) is 0 Å². The van der Waals surface area contributed by atoms with Gasteiger partial charge in [-0.15, -0.1) is 0 Å². The molecule has 1 heterocycles. The summed E-state index contributed by atoms with van der Waals surface area (Å²) in [5.41, 5.74) is 0.637. The number of amides is 4. The van der Waals surface area contributed by atoms with Crippen molar-refractivity contribution in [2.75, 3.05) is 25.2 Å². The van der Waals surface area contributed by atoms with Crippen LogP contribution in [0.2, 0.25) is 0 Å². The Hall–Kier alpha value is -2.85. The van der Waals surface area contributed by atoms with Crippen LogP contribution in [0, 0.1) is 0 Å². The third-order valence-corrected chi connectivity index (χ3v) is 6.72. The first kappa shape index (κ1) is 28.7. The zero-order valence-corrected chi connectivity index (χ0v) is 24.2. The number of hydrogen-bond acceptors (Lipinski definition) is 6. The van der Waals surface area contributed by atoms with Gasteiger partial charge in [0.25, 0.3) is 11.8 Å². The number of ether oxygens (including phenoxy) is 3. The molecule has 0 radical (unpaired) electrons. The molecule has 0 saturated carbocycles. The molecule has 2 aromatic rings. The van der Waals surface area contributed by atoms with Gasteiger partial charge < -0.3 is 14.2 Å². The Balaban J connectivity index is 1.86. The fraction of sp³-hybridized carbons (Fsp3) is 0.370. The molecule has 0 atom stereocenters. The summed E-state index contributed by atoms with van der Waals surface area (Å²) in [7, 11) is 1.47. The van der Waals surface area contributed by atoms with Crippen LogP contribution in [0.3, 0.4) is 0 Å². The van der Waals surface area contributed by atoms with Gasteiger partial charge in [0, 0.05) is 6.07 Å². The van der Waals surface area contributed by atoms with Gasteiger partial charge in [0.1, 0.15) is 11.3 Å². The Labute approximate surface area is 233 Å². The van der Waals surface area contributed by atoms with Gasteiger partial charge >= 0.3 is 6.03 Å². The van der Waals surface area contributed by atoms with E-state index in [9.17, 15) is 14.4 Å². The molecule has 198 valence electrons. The van der Waals surface area contributed by atoms with Gasteiger partial charge in [0.15, 0.2) is 11.5 Å². The maximum atomic E-state index is 13.3. The van der Waals surface area contributed by atoms with Crippen LogP contribution in [0.4, 0.5) is 10.5 Å². The van der Waals surface area contributed by atoms with E-state index in [1.165, 1.54) is 19.3 Å². The fourth-order valence-corrected chi connectivity index (χ4v) is 5.14. The predicted octanol–water partition coefficient (Wildman–Crippen LogP) is 6.63. The minimum atomic E-state index is -0.842. The number of halogens is 2. The first-order chi connectivity index (χ1) is 17.8. The van der Waals surface area contributed by atoms with Crippen molar-refractivity contribution in [3.63, 3.8) is 0 Å². The fourth-order valence-electron chi connectivity index (χ4n) is 3.69. The summed E-state index contributed by atoms with van der Waals surface area (Å²) >= 11 is 7.03. The summed E-state index contributed by atoms with van der Waals surface area (Å²) in [6.45, 7) is 5.22. The molecule has 1 saturated heterocycles. The summed E-state index contributed by atoms with van der Waals surface area (Å²) in [4.78, 5) is 39.5. The summed E-state index contributed by atoms with van der Waals surface area (Å²) < 4.78 is 18.3. The highest BCUT2D eigenvalue weighted by atomic mass is 79.9. The lowest BCUT2D eigenvalue weighted by atomic mass is 10.1. The molecule has 3 rings (SSSR count). The second kappa shape index (κ2) is 13.6. The topological polar surface area (TPSA) is 94.2 Å². The molecule has 0 aliphatic carbocycles. The minimum absolute atomic E-state index is 0.183. The van der Waals surface area contributed by atoms with E-state index >= 15 is 0 Å². The number of methoxy groups -OCH3 is 1. The molecule has 0 aromatic heterocycles. The minimum Gasteiger partial charge on any atom is -0.493 e. The Bertz CT molecular complexity index is 1170. The van der Waals surface area contributed by atoms with Crippen LogP contribution in [0.1, 0.15) is 51.5 Å². The molecule has 0 spiro atoms. The maximum absolute atomic E-state index is 13.3. The molecule has 1 fully saturated rings. The van der Waals surface area contributed by atoms with Crippen LogP contribution in [0.25, 0.3) is 6.08 Å². The number of barbiturate groups is 1. The van der Waals surface area contributed by atoms with Gasteiger partial charge in [-0.2, -0.15) is 0 Å². The van der Waals surface area contributed by atoms with E-state index in [0.717, 1.165) is 37.0 Å². The van der Waals surface area contributed by atoms with Crippen LogP contribution in [0.5, 0.6) is 17.2 Å². The standard InChI is InChI=1S/C27H30Br2N2O6/c1-4-6-7-8-12-37-24-20(28)14-17(15-21(24)29)13-19-25(32)30-27(34)31(26(19)33)18-9-10-22(36-11-5-2)23(16-18)35-3/h9-10,13-16H,4-8,11-12H2,1-3H3,(H,30,32,34)/b19-13-. The van der Waals surface area contributed by atoms with E-state index in [2.05, 4.69) is 44.1 Å². The highest BCUT2D eigenvalue weighted by Crippen LogP contribution is 2.37. The van der Waals surface area contributed by atoms with E-state index < -0.39 is 17.8 Å². The van der Waals surface area contributed by atoms with Crippen LogP contribution in [-0.2, 0) is 9.59 Å². The van der Waals surface area contributed by atoms with Crippen molar-refractivity contribution in [2.45, 2.75) is 46.0 Å². The highest BCUT2D eigenvalue weighted by molar-refractivity contribution is 9.11. The normalized spacial score (nSPS) is 14.7. The molecule has 1 aliphatic rings. The lowest BCUT2D eigenvalue weighted by Crippen LogP contribution is -2.54. The van der Waals surface area contributed by atoms with Crippen molar-refractivity contribution >= 4 is 61.5 Å². The molecule has 8 nitrogen and oxygen atoms in total. The lowest BCUT2D eigenvalue weighted by Gasteiger charge is -2.27. The van der Waals surface area contributed by atoms with Crippen molar-refractivity contribution in [3.8, 4) is 17.2 Å². The SMILES string of the molecule is CCCCCCOc1c(Br)cc(/C=C2/C(=O)NC(=O)N(c3ccc(OCCC)c(OC)c3)C2=O)cc1Br. The number of nitrogens with one attached hydrogen (secondary N) is 1. The maximum Gasteiger partial charge on any atom is 0.335 e. The van der Waals surface area contributed by atoms with Crippen molar-refractivity contribution < 1.29 is 28.6 Å². The van der Waals surface area contributed by atoms with Gasteiger partial charge in [0.2, 0.25) is 0 Å². The smallest absolute Gasteiger partial charge is 0.335 e. The number of carbonyl (C=O) groups excluding carboxylic acids is 3. The largest absolute Gasteiger partial charge is 0.493 e. The molecule has 1 aliphatic heterocycles. The lowest BCUT2D eigenvalue weighted by molar-refractivity contribution is -0.122. The molecule has 1 N–H and O–H groups in total. The molecule has 10 heteroatoms. The zero-order valence-electron chi connectivity index (χ0n) is 21.1. The Morgan fingerprint density at radius 1 is 0.892 bits per heavy atom. The summed E-state index contributed by atoms with van der Waals surface area (Å²) in [5, 5.41) is 2.24. The number of anilines is 1. The third-order valence-electron chi connectivity index (χ3n) is 5.54. The van der Waals surface area contributed by atoms with Gasteiger partial charge in [-0.05, 0) is 80.6 Å². The Morgan fingerprint density at radius 2 is 1.62 bits per heavy atom. The number of nitrogens with zero attached hydrogens (tertiary/aromatic N) is 1. The van der Waals surface area contributed by atoms with Gasteiger partial charge in [-0.1, -0.05) is 33.1 Å². The molecular weight excluding hydrogens is 608 g/mol.